The number of rotatable bonds is 0. The van der Waals surface area contributed by atoms with Crippen molar-refractivity contribution in [2.24, 2.45) is 0 Å². The minimum Gasteiger partial charge on any atom is -0.222 e. The van der Waals surface area contributed by atoms with Gasteiger partial charge in [0.15, 0.2) is 5.82 Å². The molecule has 0 aliphatic carbocycles. The van der Waals surface area contributed by atoms with E-state index in [0.717, 1.165) is 12.4 Å². The maximum Gasteiger partial charge on any atom is 0.177 e. The van der Waals surface area contributed by atoms with Crippen LogP contribution in [0, 0.1) is 0 Å². The third kappa shape index (κ3) is 0.497. The lowest BCUT2D eigenvalue weighted by Gasteiger charge is -1.86. The van der Waals surface area contributed by atoms with E-state index in [1.807, 2.05) is 6.92 Å². The summed E-state index contributed by atoms with van der Waals surface area (Å²) in [5.74, 6) is 0.898. The number of tetrazole rings is 1. The van der Waals surface area contributed by atoms with Crippen LogP contribution in [0.3, 0.4) is 0 Å². The Morgan fingerprint density at radius 1 is 1.67 bits per heavy atom. The van der Waals surface area contributed by atoms with Crippen molar-refractivity contribution in [2.45, 2.75) is 13.5 Å². The summed E-state index contributed by atoms with van der Waals surface area (Å²) in [5.41, 5.74) is 1.17. The van der Waals surface area contributed by atoms with Gasteiger partial charge in [0, 0.05) is 0 Å². The molecule has 2 heterocycles. The molecule has 0 spiro atoms. The molecule has 0 amide bonds. The molecule has 1 aromatic heterocycles. The van der Waals surface area contributed by atoms with Crippen LogP contribution in [0.4, 0.5) is 0 Å². The largest absolute Gasteiger partial charge is 0.222 e. The topological polar surface area (TPSA) is 43.6 Å². The van der Waals surface area contributed by atoms with Gasteiger partial charge in [-0.25, -0.2) is 4.68 Å². The lowest BCUT2D eigenvalue weighted by atomic mass is 10.3. The second-order valence-corrected chi connectivity index (χ2v) is 2.07. The molecule has 4 heteroatoms. The lowest BCUT2D eigenvalue weighted by molar-refractivity contribution is 0.668. The van der Waals surface area contributed by atoms with Crippen molar-refractivity contribution in [2.75, 3.05) is 0 Å². The summed E-state index contributed by atoms with van der Waals surface area (Å²) >= 11 is 0. The molecule has 0 radical (unpaired) electrons. The fourth-order valence-corrected chi connectivity index (χ4v) is 0.925. The standard InChI is InChI=1S/C5H6N4/c1-4-2-3-9-5(4)6-7-8-9/h2H,3H2,1H3. The number of fused-ring (bicyclic) bond motifs is 1. The Kier molecular flexibility index (Phi) is 0.726. The molecule has 0 aromatic carbocycles. The molecule has 1 aromatic rings. The number of hydrogen-bond donors (Lipinski definition) is 0. The smallest absolute Gasteiger partial charge is 0.177 e. The van der Waals surface area contributed by atoms with E-state index in [1.165, 1.54) is 5.57 Å². The van der Waals surface area contributed by atoms with Crippen LogP contribution in [0.5, 0.6) is 0 Å². The second-order valence-electron chi connectivity index (χ2n) is 2.07. The van der Waals surface area contributed by atoms with Gasteiger partial charge < -0.3 is 0 Å². The molecule has 1 aliphatic heterocycles. The molecule has 0 unspecified atom stereocenters. The van der Waals surface area contributed by atoms with Crippen molar-refractivity contribution < 1.29 is 0 Å². The fourth-order valence-electron chi connectivity index (χ4n) is 0.925. The quantitative estimate of drug-likeness (QED) is 0.489. The lowest BCUT2D eigenvalue weighted by Crippen LogP contribution is -1.94. The third-order valence-electron chi connectivity index (χ3n) is 1.46. The number of allylic oxidation sites excluding steroid dienone is 2. The van der Waals surface area contributed by atoms with Crippen LogP contribution in [0.2, 0.25) is 0 Å². The van der Waals surface area contributed by atoms with Crippen molar-refractivity contribution in [1.29, 1.82) is 0 Å². The molecule has 9 heavy (non-hydrogen) atoms. The van der Waals surface area contributed by atoms with Crippen molar-refractivity contribution in [1.82, 2.24) is 20.2 Å². The molecule has 0 saturated heterocycles. The first kappa shape index (κ1) is 4.67. The van der Waals surface area contributed by atoms with Crippen molar-refractivity contribution in [3.8, 4) is 0 Å². The number of nitrogens with zero attached hydrogens (tertiary/aromatic N) is 4. The Morgan fingerprint density at radius 3 is 3.33 bits per heavy atom. The van der Waals surface area contributed by atoms with Crippen molar-refractivity contribution in [3.05, 3.63) is 11.9 Å². The maximum absolute atomic E-state index is 3.81. The van der Waals surface area contributed by atoms with E-state index in [9.17, 15) is 0 Å². The van der Waals surface area contributed by atoms with E-state index in [1.54, 1.807) is 4.68 Å². The second kappa shape index (κ2) is 1.40. The van der Waals surface area contributed by atoms with Gasteiger partial charge in [0.2, 0.25) is 0 Å². The van der Waals surface area contributed by atoms with E-state index in [-0.39, 0.29) is 0 Å². The average Bonchev–Trinajstić information content (AvgIpc) is 2.35. The van der Waals surface area contributed by atoms with Gasteiger partial charge in [-0.1, -0.05) is 6.08 Å². The van der Waals surface area contributed by atoms with Gasteiger partial charge in [0.05, 0.1) is 6.54 Å². The number of aromatic nitrogens is 4. The van der Waals surface area contributed by atoms with Crippen LogP contribution < -0.4 is 0 Å². The molecular formula is C5H6N4. The van der Waals surface area contributed by atoms with Crippen LogP contribution in [-0.4, -0.2) is 20.2 Å². The van der Waals surface area contributed by atoms with Crippen LogP contribution >= 0.6 is 0 Å². The number of hydrogen-bond acceptors (Lipinski definition) is 3. The Bertz CT molecular complexity index is 260. The highest BCUT2D eigenvalue weighted by Gasteiger charge is 2.11. The molecule has 2 rings (SSSR count). The Balaban J connectivity index is 2.62. The van der Waals surface area contributed by atoms with Gasteiger partial charge in [-0.2, -0.15) is 0 Å². The Morgan fingerprint density at radius 2 is 2.56 bits per heavy atom. The SMILES string of the molecule is CC1=CCn2nnnc21. The predicted molar refractivity (Wildman–Crippen MR) is 31.5 cm³/mol. The normalized spacial score (nSPS) is 15.4. The van der Waals surface area contributed by atoms with Crippen LogP contribution in [0.25, 0.3) is 5.57 Å². The molecule has 0 fully saturated rings. The zero-order valence-electron chi connectivity index (χ0n) is 5.07. The molecule has 46 valence electrons. The van der Waals surface area contributed by atoms with Crippen LogP contribution in [-0.2, 0) is 6.54 Å². The van der Waals surface area contributed by atoms with E-state index < -0.39 is 0 Å². The molecule has 4 nitrogen and oxygen atoms in total. The third-order valence-corrected chi connectivity index (χ3v) is 1.46. The summed E-state index contributed by atoms with van der Waals surface area (Å²) in [6.45, 7) is 2.84. The highest BCUT2D eigenvalue weighted by Crippen LogP contribution is 2.14. The summed E-state index contributed by atoms with van der Waals surface area (Å²) in [7, 11) is 0. The summed E-state index contributed by atoms with van der Waals surface area (Å²) in [4.78, 5) is 0. The fraction of sp³-hybridized carbons (Fsp3) is 0.400. The van der Waals surface area contributed by atoms with Crippen molar-refractivity contribution in [3.63, 3.8) is 0 Å². The zero-order chi connectivity index (χ0) is 6.27. The summed E-state index contributed by atoms with van der Waals surface area (Å²) < 4.78 is 1.77. The minimum atomic E-state index is 0.828. The molecule has 1 aliphatic rings. The van der Waals surface area contributed by atoms with Crippen molar-refractivity contribution >= 4 is 5.57 Å². The molecular weight excluding hydrogens is 116 g/mol. The summed E-state index contributed by atoms with van der Waals surface area (Å²) in [6.07, 6.45) is 2.08. The first-order valence-corrected chi connectivity index (χ1v) is 2.81. The molecule has 0 atom stereocenters. The molecule has 0 N–H and O–H groups in total. The predicted octanol–water partition coefficient (Wildman–Crippen LogP) is 0.0900. The van der Waals surface area contributed by atoms with Gasteiger partial charge >= 0.3 is 0 Å². The first-order chi connectivity index (χ1) is 4.38. The highest BCUT2D eigenvalue weighted by atomic mass is 15.5. The average molecular weight is 122 g/mol. The zero-order valence-corrected chi connectivity index (χ0v) is 5.07. The van der Waals surface area contributed by atoms with Gasteiger partial charge in [-0.3, -0.25) is 0 Å². The van der Waals surface area contributed by atoms with Crippen LogP contribution in [0.15, 0.2) is 6.08 Å². The van der Waals surface area contributed by atoms with Gasteiger partial charge in [-0.15, -0.1) is 5.10 Å². The highest BCUT2D eigenvalue weighted by molar-refractivity contribution is 5.59. The first-order valence-electron chi connectivity index (χ1n) is 2.81. The minimum absolute atomic E-state index is 0.828. The Labute approximate surface area is 52.2 Å². The van der Waals surface area contributed by atoms with Gasteiger partial charge in [0.25, 0.3) is 0 Å². The summed E-state index contributed by atoms with van der Waals surface area (Å²) in [6, 6.07) is 0. The molecule has 0 saturated carbocycles. The molecule has 0 bridgehead atoms. The monoisotopic (exact) mass is 122 g/mol. The van der Waals surface area contributed by atoms with Gasteiger partial charge in [-0.05, 0) is 22.9 Å². The van der Waals surface area contributed by atoms with E-state index in [2.05, 4.69) is 21.6 Å². The Hall–Kier alpha value is -1.19. The van der Waals surface area contributed by atoms with Crippen LogP contribution in [0.1, 0.15) is 12.7 Å². The van der Waals surface area contributed by atoms with E-state index in [4.69, 9.17) is 0 Å². The summed E-state index contributed by atoms with van der Waals surface area (Å²) in [5, 5.41) is 11.1. The van der Waals surface area contributed by atoms with E-state index >= 15 is 0 Å². The maximum atomic E-state index is 3.81. The van der Waals surface area contributed by atoms with Gasteiger partial charge in [0.1, 0.15) is 0 Å². The van der Waals surface area contributed by atoms with E-state index in [0.29, 0.717) is 0 Å².